The number of nitrogens with zero attached hydrogens (tertiary/aromatic N) is 1. The van der Waals surface area contributed by atoms with Crippen molar-refractivity contribution in [1.29, 1.82) is 0 Å². The van der Waals surface area contributed by atoms with Gasteiger partial charge in [-0.1, -0.05) is 59.0 Å². The molecule has 0 unspecified atom stereocenters. The van der Waals surface area contributed by atoms with Gasteiger partial charge < -0.3 is 4.74 Å². The highest BCUT2D eigenvalue weighted by Crippen LogP contribution is 2.29. The Morgan fingerprint density at radius 3 is 2.47 bits per heavy atom. The van der Waals surface area contributed by atoms with Crippen LogP contribution < -0.4 is 4.74 Å². The molecule has 0 spiro atoms. The lowest BCUT2D eigenvalue weighted by Gasteiger charge is -2.08. The highest BCUT2D eigenvalue weighted by Gasteiger charge is 2.15. The second-order valence-corrected chi connectivity index (χ2v) is 4.73. The lowest BCUT2D eigenvalue weighted by molar-refractivity contribution is -0.386. The maximum atomic E-state index is 11.0. The standard InChI is InChI=1S/C14H12INO3/c15-9-12-6-7-13(16(17)18)14(8-12)19-10-11-4-2-1-3-5-11/h1-8H,9-10H2. The molecule has 4 nitrogen and oxygen atoms in total. The third-order valence-electron chi connectivity index (χ3n) is 2.61. The molecule has 2 aromatic rings. The fraction of sp³-hybridized carbons (Fsp3) is 0.143. The van der Waals surface area contributed by atoms with Crippen LogP contribution in [0, 0.1) is 10.1 Å². The van der Waals surface area contributed by atoms with Gasteiger partial charge in [-0.3, -0.25) is 10.1 Å². The summed E-state index contributed by atoms with van der Waals surface area (Å²) in [6.45, 7) is 0.326. The molecule has 0 aliphatic rings. The molecule has 0 heterocycles. The topological polar surface area (TPSA) is 52.4 Å². The average molecular weight is 369 g/mol. The summed E-state index contributed by atoms with van der Waals surface area (Å²) in [6, 6.07) is 14.6. The predicted octanol–water partition coefficient (Wildman–Crippen LogP) is 4.11. The van der Waals surface area contributed by atoms with Crippen molar-refractivity contribution in [2.45, 2.75) is 11.0 Å². The van der Waals surface area contributed by atoms with E-state index in [0.29, 0.717) is 12.4 Å². The van der Waals surface area contributed by atoms with E-state index in [1.54, 1.807) is 12.1 Å². The Labute approximate surface area is 124 Å². The smallest absolute Gasteiger partial charge is 0.310 e. The highest BCUT2D eigenvalue weighted by atomic mass is 127. The quantitative estimate of drug-likeness (QED) is 0.345. The van der Waals surface area contributed by atoms with Crippen LogP contribution in [0.3, 0.4) is 0 Å². The molecular formula is C14H12INO3. The van der Waals surface area contributed by atoms with Gasteiger partial charge in [0.15, 0.2) is 5.75 Å². The van der Waals surface area contributed by atoms with E-state index >= 15 is 0 Å². The summed E-state index contributed by atoms with van der Waals surface area (Å²) < 4.78 is 6.37. The van der Waals surface area contributed by atoms with Crippen LogP contribution in [0.2, 0.25) is 0 Å². The van der Waals surface area contributed by atoms with Crippen molar-refractivity contribution in [3.63, 3.8) is 0 Å². The van der Waals surface area contributed by atoms with Crippen LogP contribution in [0.25, 0.3) is 0 Å². The van der Waals surface area contributed by atoms with Crippen molar-refractivity contribution in [3.05, 3.63) is 69.8 Å². The Morgan fingerprint density at radius 2 is 1.84 bits per heavy atom. The second kappa shape index (κ2) is 6.51. The molecule has 0 radical (unpaired) electrons. The Bertz CT molecular complexity index is 572. The van der Waals surface area contributed by atoms with Crippen LogP contribution in [-0.4, -0.2) is 4.92 Å². The molecule has 0 aliphatic carbocycles. The fourth-order valence-electron chi connectivity index (χ4n) is 1.64. The zero-order chi connectivity index (χ0) is 13.7. The van der Waals surface area contributed by atoms with E-state index in [0.717, 1.165) is 15.6 Å². The molecule has 0 amide bonds. The lowest BCUT2D eigenvalue weighted by Crippen LogP contribution is -1.99. The van der Waals surface area contributed by atoms with Crippen LogP contribution in [-0.2, 0) is 11.0 Å². The zero-order valence-electron chi connectivity index (χ0n) is 10.1. The molecule has 2 rings (SSSR count). The van der Waals surface area contributed by atoms with Crippen molar-refractivity contribution < 1.29 is 9.66 Å². The summed E-state index contributed by atoms with van der Waals surface area (Å²) in [5, 5.41) is 11.0. The van der Waals surface area contributed by atoms with E-state index in [2.05, 4.69) is 22.6 Å². The van der Waals surface area contributed by atoms with Crippen molar-refractivity contribution >= 4 is 28.3 Å². The first kappa shape index (κ1) is 13.8. The van der Waals surface area contributed by atoms with Gasteiger partial charge in [-0.15, -0.1) is 0 Å². The lowest BCUT2D eigenvalue weighted by atomic mass is 10.2. The van der Waals surface area contributed by atoms with Crippen molar-refractivity contribution in [2.75, 3.05) is 0 Å². The number of halogens is 1. The number of rotatable bonds is 5. The number of nitro groups is 1. The number of benzene rings is 2. The van der Waals surface area contributed by atoms with Gasteiger partial charge in [0.1, 0.15) is 6.61 Å². The third kappa shape index (κ3) is 3.66. The normalized spacial score (nSPS) is 10.2. The summed E-state index contributed by atoms with van der Waals surface area (Å²) >= 11 is 2.21. The monoisotopic (exact) mass is 369 g/mol. The molecule has 0 atom stereocenters. The predicted molar refractivity (Wildman–Crippen MR) is 81.6 cm³/mol. The summed E-state index contributed by atoms with van der Waals surface area (Å²) in [5.74, 6) is 0.322. The summed E-state index contributed by atoms with van der Waals surface area (Å²) in [6.07, 6.45) is 0. The molecule has 5 heteroatoms. The summed E-state index contributed by atoms with van der Waals surface area (Å²) in [5.41, 5.74) is 2.00. The Balaban J connectivity index is 2.20. The van der Waals surface area contributed by atoms with Crippen molar-refractivity contribution in [3.8, 4) is 5.75 Å². The molecule has 0 aliphatic heterocycles. The molecule has 19 heavy (non-hydrogen) atoms. The first-order chi connectivity index (χ1) is 9.20. The first-order valence-corrected chi connectivity index (χ1v) is 7.23. The van der Waals surface area contributed by atoms with Crippen molar-refractivity contribution in [2.24, 2.45) is 0 Å². The van der Waals surface area contributed by atoms with Gasteiger partial charge in [-0.2, -0.15) is 0 Å². The zero-order valence-corrected chi connectivity index (χ0v) is 12.2. The average Bonchev–Trinajstić information content (AvgIpc) is 2.45. The molecule has 0 saturated heterocycles. The molecule has 0 bridgehead atoms. The maximum absolute atomic E-state index is 11.0. The SMILES string of the molecule is O=[N+]([O-])c1ccc(CI)cc1OCc1ccccc1. The first-order valence-electron chi connectivity index (χ1n) is 5.70. The minimum atomic E-state index is -0.419. The van der Waals surface area contributed by atoms with Crippen molar-refractivity contribution in [1.82, 2.24) is 0 Å². The number of hydrogen-bond acceptors (Lipinski definition) is 3. The van der Waals surface area contributed by atoms with Crippen LogP contribution in [0.5, 0.6) is 5.75 Å². The number of ether oxygens (including phenoxy) is 1. The van der Waals surface area contributed by atoms with E-state index in [9.17, 15) is 10.1 Å². The molecule has 0 saturated carbocycles. The minimum Gasteiger partial charge on any atom is -0.482 e. The third-order valence-corrected chi connectivity index (χ3v) is 3.49. The van der Waals surface area contributed by atoms with Gasteiger partial charge in [0.25, 0.3) is 0 Å². The van der Waals surface area contributed by atoms with E-state index in [1.165, 1.54) is 6.07 Å². The Kier molecular flexibility index (Phi) is 4.73. The van der Waals surface area contributed by atoms with E-state index < -0.39 is 4.92 Å². The molecule has 0 aromatic heterocycles. The van der Waals surface area contributed by atoms with Gasteiger partial charge in [0, 0.05) is 10.5 Å². The second-order valence-electron chi connectivity index (χ2n) is 3.97. The summed E-state index contributed by atoms with van der Waals surface area (Å²) in [7, 11) is 0. The van der Waals surface area contributed by atoms with Gasteiger partial charge >= 0.3 is 5.69 Å². The number of alkyl halides is 1. The summed E-state index contributed by atoms with van der Waals surface area (Å²) in [4.78, 5) is 10.5. The van der Waals surface area contributed by atoms with Crippen LogP contribution in [0.1, 0.15) is 11.1 Å². The maximum Gasteiger partial charge on any atom is 0.310 e. The van der Waals surface area contributed by atoms with Crippen LogP contribution in [0.4, 0.5) is 5.69 Å². The largest absolute Gasteiger partial charge is 0.482 e. The van der Waals surface area contributed by atoms with Gasteiger partial charge in [-0.05, 0) is 17.2 Å². The van der Waals surface area contributed by atoms with Crippen LogP contribution >= 0.6 is 22.6 Å². The van der Waals surface area contributed by atoms with E-state index in [1.807, 2.05) is 30.3 Å². The Hall–Kier alpha value is -1.63. The van der Waals surface area contributed by atoms with Gasteiger partial charge in [-0.25, -0.2) is 0 Å². The minimum absolute atomic E-state index is 0.00420. The molecule has 0 N–H and O–H groups in total. The molecule has 2 aromatic carbocycles. The molecular weight excluding hydrogens is 357 g/mol. The molecule has 0 fully saturated rings. The molecule has 98 valence electrons. The Morgan fingerprint density at radius 1 is 1.11 bits per heavy atom. The van der Waals surface area contributed by atoms with Gasteiger partial charge in [0.05, 0.1) is 4.92 Å². The van der Waals surface area contributed by atoms with Crippen LogP contribution in [0.15, 0.2) is 48.5 Å². The highest BCUT2D eigenvalue weighted by molar-refractivity contribution is 14.1. The fourth-order valence-corrected chi connectivity index (χ4v) is 2.12. The van der Waals surface area contributed by atoms with Gasteiger partial charge in [0.2, 0.25) is 0 Å². The van der Waals surface area contributed by atoms with E-state index in [-0.39, 0.29) is 5.69 Å². The van der Waals surface area contributed by atoms with E-state index in [4.69, 9.17) is 4.74 Å². The number of hydrogen-bond donors (Lipinski definition) is 0. The number of nitro benzene ring substituents is 1.